The summed E-state index contributed by atoms with van der Waals surface area (Å²) in [6, 6.07) is 12.6. The fraction of sp³-hybridized carbons (Fsp3) is 0.188. The summed E-state index contributed by atoms with van der Waals surface area (Å²) in [4.78, 5) is 8.80. The van der Waals surface area contributed by atoms with E-state index >= 15 is 0 Å². The van der Waals surface area contributed by atoms with Gasteiger partial charge in [-0.25, -0.2) is 4.98 Å². The molecule has 5 nitrogen and oxygen atoms in total. The highest BCUT2D eigenvalue weighted by molar-refractivity contribution is 5.65. The molecule has 21 heavy (non-hydrogen) atoms. The summed E-state index contributed by atoms with van der Waals surface area (Å²) >= 11 is 0. The maximum Gasteiger partial charge on any atom is 0.254 e. The van der Waals surface area contributed by atoms with E-state index in [0.717, 1.165) is 29.9 Å². The van der Waals surface area contributed by atoms with Crippen molar-refractivity contribution in [3.63, 3.8) is 0 Å². The van der Waals surface area contributed by atoms with Gasteiger partial charge in [-0.05, 0) is 12.8 Å². The van der Waals surface area contributed by atoms with Crippen molar-refractivity contribution in [2.24, 2.45) is 0 Å². The molecule has 4 rings (SSSR count). The summed E-state index contributed by atoms with van der Waals surface area (Å²) in [5.74, 6) is 1.55. The average molecular weight is 277 g/mol. The summed E-state index contributed by atoms with van der Waals surface area (Å²) in [5.41, 5.74) is 1.99. The highest BCUT2D eigenvalue weighted by Crippen LogP contribution is 2.23. The van der Waals surface area contributed by atoms with Crippen LogP contribution in [0.15, 0.2) is 54.9 Å². The maximum atomic E-state index is 4.57. The lowest BCUT2D eigenvalue weighted by molar-refractivity contribution is 0.767. The van der Waals surface area contributed by atoms with Gasteiger partial charge in [0.15, 0.2) is 0 Å². The zero-order chi connectivity index (χ0) is 14.1. The van der Waals surface area contributed by atoms with Gasteiger partial charge in [-0.3, -0.25) is 0 Å². The normalized spacial score (nSPS) is 14.9. The molecule has 5 heteroatoms. The SMILES string of the molecule is C1=CCC(Nc2cc(-c3ccccc3)nc3ncnn23)C1. The summed E-state index contributed by atoms with van der Waals surface area (Å²) < 4.78 is 1.75. The van der Waals surface area contributed by atoms with E-state index in [4.69, 9.17) is 0 Å². The van der Waals surface area contributed by atoms with E-state index < -0.39 is 0 Å². The van der Waals surface area contributed by atoms with Crippen LogP contribution in [-0.2, 0) is 0 Å². The van der Waals surface area contributed by atoms with Crippen LogP contribution in [0.2, 0.25) is 0 Å². The predicted molar refractivity (Wildman–Crippen MR) is 82.0 cm³/mol. The van der Waals surface area contributed by atoms with Gasteiger partial charge in [0.25, 0.3) is 5.78 Å². The first-order valence-electron chi connectivity index (χ1n) is 7.08. The van der Waals surface area contributed by atoms with E-state index in [1.807, 2.05) is 24.3 Å². The van der Waals surface area contributed by atoms with Gasteiger partial charge in [0, 0.05) is 17.7 Å². The van der Waals surface area contributed by atoms with Crippen LogP contribution in [0.4, 0.5) is 5.82 Å². The Labute approximate surface area is 122 Å². The molecular formula is C16H15N5. The molecule has 0 aliphatic heterocycles. The van der Waals surface area contributed by atoms with Crippen molar-refractivity contribution in [3.8, 4) is 11.3 Å². The molecule has 0 unspecified atom stereocenters. The van der Waals surface area contributed by atoms with Gasteiger partial charge in [-0.2, -0.15) is 14.6 Å². The first-order valence-corrected chi connectivity index (χ1v) is 7.08. The molecule has 0 saturated carbocycles. The minimum absolute atomic E-state index is 0.420. The smallest absolute Gasteiger partial charge is 0.254 e. The molecule has 1 aliphatic rings. The predicted octanol–water partition coefficient (Wildman–Crippen LogP) is 2.92. The molecule has 1 N–H and O–H groups in total. The van der Waals surface area contributed by atoms with Gasteiger partial charge < -0.3 is 5.32 Å². The van der Waals surface area contributed by atoms with Crippen LogP contribution in [0.1, 0.15) is 12.8 Å². The first kappa shape index (κ1) is 12.1. The molecule has 0 saturated heterocycles. The second kappa shape index (κ2) is 5.01. The average Bonchev–Trinajstić information content (AvgIpc) is 3.19. The van der Waals surface area contributed by atoms with E-state index in [1.54, 1.807) is 4.52 Å². The molecule has 1 aromatic carbocycles. The lowest BCUT2D eigenvalue weighted by Crippen LogP contribution is -2.18. The van der Waals surface area contributed by atoms with Crippen molar-refractivity contribution in [2.75, 3.05) is 5.32 Å². The lowest BCUT2D eigenvalue weighted by atomic mass is 10.1. The van der Waals surface area contributed by atoms with Gasteiger partial charge in [-0.1, -0.05) is 42.5 Å². The number of nitrogens with zero attached hydrogens (tertiary/aromatic N) is 4. The number of hydrogen-bond donors (Lipinski definition) is 1. The summed E-state index contributed by atoms with van der Waals surface area (Å²) in [7, 11) is 0. The van der Waals surface area contributed by atoms with Crippen molar-refractivity contribution in [2.45, 2.75) is 18.9 Å². The van der Waals surface area contributed by atoms with Gasteiger partial charge in [0.2, 0.25) is 0 Å². The highest BCUT2D eigenvalue weighted by Gasteiger charge is 2.14. The number of anilines is 1. The maximum absolute atomic E-state index is 4.57. The molecule has 2 heterocycles. The molecule has 0 radical (unpaired) electrons. The minimum atomic E-state index is 0.420. The number of benzene rings is 1. The van der Waals surface area contributed by atoms with E-state index in [-0.39, 0.29) is 0 Å². The first-order chi connectivity index (χ1) is 10.4. The van der Waals surface area contributed by atoms with Crippen LogP contribution < -0.4 is 5.32 Å². The van der Waals surface area contributed by atoms with Crippen molar-refractivity contribution in [1.82, 2.24) is 19.6 Å². The third kappa shape index (κ3) is 2.27. The van der Waals surface area contributed by atoms with Gasteiger partial charge in [0.05, 0.1) is 5.69 Å². The number of aromatic nitrogens is 4. The molecule has 0 spiro atoms. The summed E-state index contributed by atoms with van der Waals surface area (Å²) in [6.45, 7) is 0. The number of nitrogens with one attached hydrogen (secondary N) is 1. The zero-order valence-electron chi connectivity index (χ0n) is 11.5. The molecule has 1 aliphatic carbocycles. The van der Waals surface area contributed by atoms with Crippen LogP contribution in [0, 0.1) is 0 Å². The van der Waals surface area contributed by atoms with Gasteiger partial charge in [0.1, 0.15) is 12.1 Å². The standard InChI is InChI=1S/C16H15N5/c1-2-6-12(7-3-1)14-10-15(19-13-8-4-5-9-13)21-16(20-14)17-11-18-21/h1-7,10-11,13,19H,8-9H2. The molecule has 3 aromatic rings. The van der Waals surface area contributed by atoms with Crippen LogP contribution in [0.3, 0.4) is 0 Å². The Morgan fingerprint density at radius 1 is 1.10 bits per heavy atom. The van der Waals surface area contributed by atoms with E-state index in [2.05, 4.69) is 44.7 Å². The molecule has 104 valence electrons. The fourth-order valence-electron chi connectivity index (χ4n) is 2.62. The van der Waals surface area contributed by atoms with E-state index in [1.165, 1.54) is 6.33 Å². The second-order valence-electron chi connectivity index (χ2n) is 5.15. The molecule has 0 fully saturated rings. The van der Waals surface area contributed by atoms with Crippen molar-refractivity contribution in [1.29, 1.82) is 0 Å². The zero-order valence-corrected chi connectivity index (χ0v) is 11.5. The minimum Gasteiger partial charge on any atom is -0.366 e. The third-order valence-corrected chi connectivity index (χ3v) is 3.68. The largest absolute Gasteiger partial charge is 0.366 e. The Morgan fingerprint density at radius 2 is 1.90 bits per heavy atom. The number of fused-ring (bicyclic) bond motifs is 1. The highest BCUT2D eigenvalue weighted by atomic mass is 15.4. The molecule has 2 aromatic heterocycles. The monoisotopic (exact) mass is 277 g/mol. The van der Waals surface area contributed by atoms with Crippen LogP contribution >= 0.6 is 0 Å². The molecular weight excluding hydrogens is 262 g/mol. The second-order valence-corrected chi connectivity index (χ2v) is 5.15. The van der Waals surface area contributed by atoms with Crippen LogP contribution in [-0.4, -0.2) is 25.6 Å². The van der Waals surface area contributed by atoms with Crippen LogP contribution in [0.5, 0.6) is 0 Å². The number of hydrogen-bond acceptors (Lipinski definition) is 4. The molecule has 0 amide bonds. The Bertz CT molecular complexity index is 783. The fourth-order valence-corrected chi connectivity index (χ4v) is 2.62. The van der Waals surface area contributed by atoms with Gasteiger partial charge in [-0.15, -0.1) is 0 Å². The van der Waals surface area contributed by atoms with Crippen molar-refractivity contribution in [3.05, 3.63) is 54.9 Å². The number of rotatable bonds is 3. The Morgan fingerprint density at radius 3 is 2.71 bits per heavy atom. The summed E-state index contributed by atoms with van der Waals surface area (Å²) in [5, 5.41) is 7.79. The van der Waals surface area contributed by atoms with Crippen molar-refractivity contribution < 1.29 is 0 Å². The Kier molecular flexibility index (Phi) is 2.88. The lowest BCUT2D eigenvalue weighted by Gasteiger charge is -2.15. The van der Waals surface area contributed by atoms with E-state index in [9.17, 15) is 0 Å². The quantitative estimate of drug-likeness (QED) is 0.748. The summed E-state index contributed by atoms with van der Waals surface area (Å²) in [6.07, 6.45) is 8.03. The Hall–Kier alpha value is -2.69. The third-order valence-electron chi connectivity index (χ3n) is 3.68. The van der Waals surface area contributed by atoms with Crippen molar-refractivity contribution >= 4 is 11.6 Å². The molecule has 0 bridgehead atoms. The van der Waals surface area contributed by atoms with E-state index in [0.29, 0.717) is 11.8 Å². The van der Waals surface area contributed by atoms with Gasteiger partial charge >= 0.3 is 0 Å². The van der Waals surface area contributed by atoms with Crippen LogP contribution in [0.25, 0.3) is 17.0 Å². The Balaban J connectivity index is 1.78. The topological polar surface area (TPSA) is 55.1 Å². The molecule has 0 atom stereocenters.